The Balaban J connectivity index is 1.32. The molecule has 4 aromatic rings. The van der Waals surface area contributed by atoms with Crippen LogP contribution < -0.4 is 16.2 Å². The van der Waals surface area contributed by atoms with E-state index in [1.54, 1.807) is 28.8 Å². The topological polar surface area (TPSA) is 93.1 Å². The fraction of sp³-hybridized carbons (Fsp3) is 0.241. The van der Waals surface area contributed by atoms with Gasteiger partial charge in [-0.1, -0.05) is 65.9 Å². The Kier molecular flexibility index (Phi) is 7.37. The zero-order valence-corrected chi connectivity index (χ0v) is 21.4. The summed E-state index contributed by atoms with van der Waals surface area (Å²) in [5.74, 6) is -0.0752. The number of nitrogens with zero attached hydrogens (tertiary/aromatic N) is 2. The average Bonchev–Trinajstić information content (AvgIpc) is 3.73. The summed E-state index contributed by atoms with van der Waals surface area (Å²) in [6.07, 6.45) is 2.07. The molecule has 1 fully saturated rings. The molecule has 1 aliphatic carbocycles. The standard InChI is InChI=1S/C29H28N4O3S/c1-19-6-8-20(9-7-19)16-30-26(34)18-37-29-32-25-5-3-2-4-24(25)28(36)33(29)17-21-10-12-22(13-11-21)27(35)31-23-14-15-23/h2-13,23H,14-18H2,1H3,(H,30,34)(H,31,35). The number of aromatic nitrogens is 2. The molecule has 2 amide bonds. The summed E-state index contributed by atoms with van der Waals surface area (Å²) in [5, 5.41) is 6.91. The van der Waals surface area contributed by atoms with Crippen LogP contribution in [0.4, 0.5) is 0 Å². The van der Waals surface area contributed by atoms with Crippen molar-refractivity contribution < 1.29 is 9.59 Å². The van der Waals surface area contributed by atoms with Crippen molar-refractivity contribution in [3.63, 3.8) is 0 Å². The lowest BCUT2D eigenvalue weighted by Crippen LogP contribution is -2.27. The van der Waals surface area contributed by atoms with Crippen LogP contribution in [-0.2, 0) is 17.9 Å². The number of hydrogen-bond acceptors (Lipinski definition) is 5. The van der Waals surface area contributed by atoms with Crippen LogP contribution >= 0.6 is 11.8 Å². The summed E-state index contributed by atoms with van der Waals surface area (Å²) in [5.41, 5.74) is 4.09. The van der Waals surface area contributed by atoms with E-state index < -0.39 is 0 Å². The van der Waals surface area contributed by atoms with Gasteiger partial charge in [0, 0.05) is 18.2 Å². The van der Waals surface area contributed by atoms with Gasteiger partial charge in [-0.3, -0.25) is 19.0 Å². The third-order valence-corrected chi connectivity index (χ3v) is 7.22. The van der Waals surface area contributed by atoms with Gasteiger partial charge in [0.25, 0.3) is 11.5 Å². The third kappa shape index (κ3) is 6.27. The molecule has 7 nitrogen and oxygen atoms in total. The summed E-state index contributed by atoms with van der Waals surface area (Å²) in [6, 6.07) is 22.8. The lowest BCUT2D eigenvalue weighted by atomic mass is 10.1. The van der Waals surface area contributed by atoms with Crippen LogP contribution in [0.1, 0.15) is 39.9 Å². The van der Waals surface area contributed by atoms with Crippen LogP contribution in [0.5, 0.6) is 0 Å². The molecule has 0 atom stereocenters. The number of benzene rings is 3. The number of rotatable bonds is 9. The highest BCUT2D eigenvalue weighted by Crippen LogP contribution is 2.21. The minimum atomic E-state index is -0.163. The Bertz CT molecular complexity index is 1490. The van der Waals surface area contributed by atoms with E-state index in [9.17, 15) is 14.4 Å². The fourth-order valence-electron chi connectivity index (χ4n) is 3.93. The predicted octanol–water partition coefficient (Wildman–Crippen LogP) is 4.05. The Morgan fingerprint density at radius 3 is 2.41 bits per heavy atom. The highest BCUT2D eigenvalue weighted by Gasteiger charge is 2.23. The van der Waals surface area contributed by atoms with Gasteiger partial charge in [0.05, 0.1) is 23.2 Å². The molecule has 0 unspecified atom stereocenters. The van der Waals surface area contributed by atoms with Crippen LogP contribution in [0.2, 0.25) is 0 Å². The number of carbonyl (C=O) groups is 2. The Morgan fingerprint density at radius 1 is 0.973 bits per heavy atom. The molecular formula is C29H28N4O3S. The van der Waals surface area contributed by atoms with Crippen molar-refractivity contribution in [1.29, 1.82) is 0 Å². The van der Waals surface area contributed by atoms with E-state index in [4.69, 9.17) is 4.98 Å². The number of nitrogens with one attached hydrogen (secondary N) is 2. The normalized spacial score (nSPS) is 12.9. The number of para-hydroxylation sites is 1. The molecule has 0 aliphatic heterocycles. The summed E-state index contributed by atoms with van der Waals surface area (Å²) in [7, 11) is 0. The molecule has 1 aromatic heterocycles. The lowest BCUT2D eigenvalue weighted by Gasteiger charge is -2.14. The van der Waals surface area contributed by atoms with Gasteiger partial charge in [-0.15, -0.1) is 0 Å². The number of thioether (sulfide) groups is 1. The van der Waals surface area contributed by atoms with E-state index in [1.165, 1.54) is 17.3 Å². The van der Waals surface area contributed by atoms with Gasteiger partial charge in [0.2, 0.25) is 5.91 Å². The molecule has 3 aromatic carbocycles. The van der Waals surface area contributed by atoms with E-state index in [-0.39, 0.29) is 29.7 Å². The monoisotopic (exact) mass is 512 g/mol. The second-order valence-electron chi connectivity index (χ2n) is 9.30. The summed E-state index contributed by atoms with van der Waals surface area (Å²) in [6.45, 7) is 2.75. The summed E-state index contributed by atoms with van der Waals surface area (Å²) in [4.78, 5) is 43.0. The number of hydrogen-bond donors (Lipinski definition) is 2. The Labute approximate surface area is 219 Å². The Hall–Kier alpha value is -3.91. The van der Waals surface area contributed by atoms with Crippen molar-refractivity contribution in [3.05, 3.63) is 105 Å². The average molecular weight is 513 g/mol. The van der Waals surface area contributed by atoms with Crippen LogP contribution in [0.15, 0.2) is 82.7 Å². The first-order chi connectivity index (χ1) is 18.0. The SMILES string of the molecule is Cc1ccc(CNC(=O)CSc2nc3ccccc3c(=O)n2Cc2ccc(C(=O)NC3CC3)cc2)cc1. The number of amides is 2. The molecular weight excluding hydrogens is 484 g/mol. The number of aryl methyl sites for hydroxylation is 1. The van der Waals surface area contributed by atoms with Gasteiger partial charge in [-0.25, -0.2) is 4.98 Å². The highest BCUT2D eigenvalue weighted by atomic mass is 32.2. The van der Waals surface area contributed by atoms with E-state index in [0.717, 1.165) is 24.0 Å². The van der Waals surface area contributed by atoms with Crippen molar-refractivity contribution in [3.8, 4) is 0 Å². The second-order valence-corrected chi connectivity index (χ2v) is 10.2. The smallest absolute Gasteiger partial charge is 0.262 e. The first kappa shape index (κ1) is 24.8. The zero-order chi connectivity index (χ0) is 25.8. The predicted molar refractivity (Wildman–Crippen MR) is 146 cm³/mol. The molecule has 188 valence electrons. The maximum atomic E-state index is 13.4. The maximum absolute atomic E-state index is 13.4. The van der Waals surface area contributed by atoms with Crippen molar-refractivity contribution in [1.82, 2.24) is 20.2 Å². The molecule has 0 radical (unpaired) electrons. The van der Waals surface area contributed by atoms with Crippen LogP contribution in [0, 0.1) is 6.92 Å². The van der Waals surface area contributed by atoms with Gasteiger partial charge < -0.3 is 10.6 Å². The van der Waals surface area contributed by atoms with E-state index in [2.05, 4.69) is 10.6 Å². The van der Waals surface area contributed by atoms with E-state index in [0.29, 0.717) is 34.2 Å². The molecule has 2 N–H and O–H groups in total. The minimum absolute atomic E-state index is 0.0773. The van der Waals surface area contributed by atoms with Gasteiger partial charge >= 0.3 is 0 Å². The molecule has 0 bridgehead atoms. The van der Waals surface area contributed by atoms with Crippen LogP contribution in [0.3, 0.4) is 0 Å². The molecule has 37 heavy (non-hydrogen) atoms. The number of carbonyl (C=O) groups excluding carboxylic acids is 2. The molecule has 5 rings (SSSR count). The maximum Gasteiger partial charge on any atom is 0.262 e. The molecule has 0 saturated heterocycles. The molecule has 1 aliphatic rings. The van der Waals surface area contributed by atoms with Gasteiger partial charge in [-0.05, 0) is 55.2 Å². The van der Waals surface area contributed by atoms with Crippen molar-refractivity contribution in [2.75, 3.05) is 5.75 Å². The molecule has 0 spiro atoms. The van der Waals surface area contributed by atoms with E-state index in [1.807, 2.05) is 55.5 Å². The highest BCUT2D eigenvalue weighted by molar-refractivity contribution is 7.99. The fourth-order valence-corrected chi connectivity index (χ4v) is 4.75. The molecule has 1 heterocycles. The third-order valence-electron chi connectivity index (χ3n) is 6.24. The van der Waals surface area contributed by atoms with Crippen LogP contribution in [-0.4, -0.2) is 33.2 Å². The first-order valence-corrected chi connectivity index (χ1v) is 13.3. The summed E-state index contributed by atoms with van der Waals surface area (Å²) >= 11 is 1.24. The van der Waals surface area contributed by atoms with Crippen molar-refractivity contribution in [2.24, 2.45) is 0 Å². The zero-order valence-electron chi connectivity index (χ0n) is 20.6. The quantitative estimate of drug-likeness (QED) is 0.261. The van der Waals surface area contributed by atoms with Gasteiger partial charge in [-0.2, -0.15) is 0 Å². The minimum Gasteiger partial charge on any atom is -0.351 e. The largest absolute Gasteiger partial charge is 0.351 e. The molecule has 8 heteroatoms. The van der Waals surface area contributed by atoms with Gasteiger partial charge in [0.15, 0.2) is 5.16 Å². The summed E-state index contributed by atoms with van der Waals surface area (Å²) < 4.78 is 1.60. The van der Waals surface area contributed by atoms with Crippen molar-refractivity contribution >= 4 is 34.5 Å². The van der Waals surface area contributed by atoms with Crippen LogP contribution in [0.25, 0.3) is 10.9 Å². The second kappa shape index (κ2) is 11.0. The van der Waals surface area contributed by atoms with Crippen molar-refractivity contribution in [2.45, 2.75) is 44.1 Å². The lowest BCUT2D eigenvalue weighted by molar-refractivity contribution is -0.118. The van der Waals surface area contributed by atoms with E-state index >= 15 is 0 Å². The molecule has 1 saturated carbocycles. The Morgan fingerprint density at radius 2 is 1.68 bits per heavy atom. The number of fused-ring (bicyclic) bond motifs is 1. The first-order valence-electron chi connectivity index (χ1n) is 12.3. The van der Waals surface area contributed by atoms with Gasteiger partial charge in [0.1, 0.15) is 0 Å².